The summed E-state index contributed by atoms with van der Waals surface area (Å²) in [6, 6.07) is 3.06. The highest BCUT2D eigenvalue weighted by Gasteiger charge is 2.60. The molecular weight excluding hydrogens is 604 g/mol. The van der Waals surface area contributed by atoms with Gasteiger partial charge in [0.1, 0.15) is 17.1 Å². The Morgan fingerprint density at radius 3 is 2.48 bits per heavy atom. The third-order valence-corrected chi connectivity index (χ3v) is 11.1. The van der Waals surface area contributed by atoms with Crippen LogP contribution >= 0.6 is 0 Å². The number of halogens is 4. The zero-order chi connectivity index (χ0) is 32.0. The fourth-order valence-electron chi connectivity index (χ4n) is 8.68. The first-order valence-corrected chi connectivity index (χ1v) is 16.1. The Bertz CT molecular complexity index is 1570. The predicted octanol–water partition coefficient (Wildman–Crippen LogP) is 3.94. The molecule has 2 atom stereocenters. The minimum Gasteiger partial charge on any atom is -0.374 e. The summed E-state index contributed by atoms with van der Waals surface area (Å²) in [5.41, 5.74) is 1.88. The first-order chi connectivity index (χ1) is 22.0. The van der Waals surface area contributed by atoms with Crippen LogP contribution in [-0.4, -0.2) is 103 Å². The van der Waals surface area contributed by atoms with Crippen LogP contribution in [0.2, 0.25) is 0 Å². The number of hydrogen-bond acceptors (Lipinski definition) is 8. The Balaban J connectivity index is 1.06. The van der Waals surface area contributed by atoms with Crippen LogP contribution in [0.3, 0.4) is 0 Å². The number of aryl methyl sites for hydroxylation is 1. The SMILES string of the molecule is C=CC(=O)N1CCN(C2CN3c4cc(N5CCC6(CC5)OC5(COC5)c5nccc(C)c56)nc(C(F)F)c4CC(F)(F)C[C@@H]23)CC1. The van der Waals surface area contributed by atoms with E-state index in [1.54, 1.807) is 17.2 Å². The van der Waals surface area contributed by atoms with E-state index in [0.717, 1.165) is 16.8 Å². The highest BCUT2D eigenvalue weighted by Crippen LogP contribution is 2.55. The molecule has 2 spiro atoms. The third-order valence-electron chi connectivity index (χ3n) is 11.1. The number of amides is 1. The lowest BCUT2D eigenvalue weighted by Crippen LogP contribution is -2.70. The van der Waals surface area contributed by atoms with Gasteiger partial charge in [-0.1, -0.05) is 6.58 Å². The van der Waals surface area contributed by atoms with E-state index in [-0.39, 0.29) is 17.5 Å². The highest BCUT2D eigenvalue weighted by molar-refractivity contribution is 5.87. The molecular formula is C33H38F4N6O3. The number of alkyl halides is 4. The number of ether oxygens (including phenoxy) is 2. The Morgan fingerprint density at radius 1 is 1.09 bits per heavy atom. The van der Waals surface area contributed by atoms with Crippen LogP contribution in [0.25, 0.3) is 0 Å². The molecule has 2 aromatic rings. The molecule has 6 aliphatic heterocycles. The normalized spacial score (nSPS) is 27.5. The van der Waals surface area contributed by atoms with Crippen molar-refractivity contribution >= 4 is 17.4 Å². The summed E-state index contributed by atoms with van der Waals surface area (Å²) in [6.45, 7) is 10.1. The van der Waals surface area contributed by atoms with Crippen molar-refractivity contribution in [1.29, 1.82) is 0 Å². The van der Waals surface area contributed by atoms with Crippen LogP contribution in [0.5, 0.6) is 0 Å². The highest BCUT2D eigenvalue weighted by atomic mass is 19.3. The molecule has 13 heteroatoms. The van der Waals surface area contributed by atoms with Gasteiger partial charge < -0.3 is 24.2 Å². The van der Waals surface area contributed by atoms with E-state index in [0.29, 0.717) is 83.4 Å². The minimum absolute atomic E-state index is 0.0544. The smallest absolute Gasteiger partial charge is 0.280 e. The van der Waals surface area contributed by atoms with E-state index in [1.165, 1.54) is 6.08 Å². The molecule has 8 rings (SSSR count). The lowest BCUT2D eigenvalue weighted by molar-refractivity contribution is -0.260. The molecule has 0 saturated carbocycles. The van der Waals surface area contributed by atoms with Gasteiger partial charge in [0.2, 0.25) is 5.91 Å². The Morgan fingerprint density at radius 2 is 1.83 bits per heavy atom. The van der Waals surface area contributed by atoms with Gasteiger partial charge in [-0.3, -0.25) is 14.7 Å². The second kappa shape index (κ2) is 10.6. The maximum Gasteiger partial charge on any atom is 0.280 e. The number of anilines is 2. The molecule has 6 aliphatic rings. The van der Waals surface area contributed by atoms with Crippen LogP contribution in [0, 0.1) is 6.92 Å². The molecule has 1 unspecified atom stereocenters. The van der Waals surface area contributed by atoms with Crippen molar-refractivity contribution in [3.8, 4) is 0 Å². The summed E-state index contributed by atoms with van der Waals surface area (Å²) in [5.74, 6) is -2.91. The number of carbonyl (C=O) groups is 1. The average molecular weight is 643 g/mol. The van der Waals surface area contributed by atoms with E-state index in [4.69, 9.17) is 14.5 Å². The molecule has 0 aliphatic carbocycles. The van der Waals surface area contributed by atoms with E-state index >= 15 is 8.78 Å². The van der Waals surface area contributed by atoms with Gasteiger partial charge >= 0.3 is 0 Å². The predicted molar refractivity (Wildman–Crippen MR) is 161 cm³/mol. The van der Waals surface area contributed by atoms with Gasteiger partial charge in [0.15, 0.2) is 5.60 Å². The lowest BCUT2D eigenvalue weighted by atomic mass is 9.81. The van der Waals surface area contributed by atoms with Gasteiger partial charge in [0.05, 0.1) is 24.9 Å². The van der Waals surface area contributed by atoms with Crippen molar-refractivity contribution in [1.82, 2.24) is 19.8 Å². The molecule has 4 fully saturated rings. The first-order valence-electron chi connectivity index (χ1n) is 16.1. The molecule has 246 valence electrons. The summed E-state index contributed by atoms with van der Waals surface area (Å²) in [6.07, 6.45) is 0.155. The summed E-state index contributed by atoms with van der Waals surface area (Å²) in [4.78, 5) is 28.8. The number of piperidine rings is 1. The third kappa shape index (κ3) is 4.56. The molecule has 4 saturated heterocycles. The number of fused-ring (bicyclic) bond motifs is 6. The monoisotopic (exact) mass is 642 g/mol. The van der Waals surface area contributed by atoms with Crippen LogP contribution in [0.15, 0.2) is 31.0 Å². The number of pyridine rings is 2. The van der Waals surface area contributed by atoms with Gasteiger partial charge in [0.25, 0.3) is 12.3 Å². The van der Waals surface area contributed by atoms with E-state index in [2.05, 4.69) is 23.4 Å². The van der Waals surface area contributed by atoms with Gasteiger partial charge in [0, 0.05) is 93.8 Å². The van der Waals surface area contributed by atoms with Crippen LogP contribution in [0.1, 0.15) is 53.8 Å². The summed E-state index contributed by atoms with van der Waals surface area (Å²) in [5, 5.41) is 0. The maximum atomic E-state index is 15.5. The van der Waals surface area contributed by atoms with E-state index in [9.17, 15) is 13.6 Å². The molecule has 0 radical (unpaired) electrons. The van der Waals surface area contributed by atoms with Gasteiger partial charge in [-0.15, -0.1) is 0 Å². The van der Waals surface area contributed by atoms with Crippen molar-refractivity contribution in [2.24, 2.45) is 0 Å². The molecule has 0 aromatic carbocycles. The molecule has 0 bridgehead atoms. The fourth-order valence-corrected chi connectivity index (χ4v) is 8.68. The summed E-state index contributed by atoms with van der Waals surface area (Å²) in [7, 11) is 0. The average Bonchev–Trinajstić information content (AvgIpc) is 3.27. The molecule has 2 aromatic heterocycles. The minimum atomic E-state index is -3.15. The number of aromatic nitrogens is 2. The van der Waals surface area contributed by atoms with E-state index < -0.39 is 48.1 Å². The van der Waals surface area contributed by atoms with Crippen LogP contribution < -0.4 is 9.80 Å². The zero-order valence-corrected chi connectivity index (χ0v) is 25.9. The Kier molecular flexibility index (Phi) is 6.94. The molecule has 9 nitrogen and oxygen atoms in total. The topological polar surface area (TPSA) is 74.3 Å². The van der Waals surface area contributed by atoms with Crippen molar-refractivity contribution in [2.75, 3.05) is 68.8 Å². The van der Waals surface area contributed by atoms with E-state index in [1.807, 2.05) is 15.9 Å². The molecule has 46 heavy (non-hydrogen) atoms. The maximum absolute atomic E-state index is 15.5. The first kappa shape index (κ1) is 30.1. The second-order valence-electron chi connectivity index (χ2n) is 13.7. The zero-order valence-electron chi connectivity index (χ0n) is 25.9. The molecule has 8 heterocycles. The number of rotatable bonds is 4. The quantitative estimate of drug-likeness (QED) is 0.367. The second-order valence-corrected chi connectivity index (χ2v) is 13.7. The Labute approximate surface area is 265 Å². The summed E-state index contributed by atoms with van der Waals surface area (Å²) < 4.78 is 72.4. The van der Waals surface area contributed by atoms with Crippen molar-refractivity contribution in [3.63, 3.8) is 0 Å². The number of piperazine rings is 1. The summed E-state index contributed by atoms with van der Waals surface area (Å²) >= 11 is 0. The van der Waals surface area contributed by atoms with Crippen molar-refractivity contribution in [3.05, 3.63) is 59.1 Å². The van der Waals surface area contributed by atoms with Gasteiger partial charge in [-0.25, -0.2) is 22.5 Å². The van der Waals surface area contributed by atoms with Crippen LogP contribution in [0.4, 0.5) is 29.1 Å². The largest absolute Gasteiger partial charge is 0.374 e. The van der Waals surface area contributed by atoms with Crippen molar-refractivity contribution < 1.29 is 31.8 Å². The molecule has 0 N–H and O–H groups in total. The fraction of sp³-hybridized carbons (Fsp3) is 0.606. The van der Waals surface area contributed by atoms with Crippen molar-refractivity contribution in [2.45, 2.75) is 68.2 Å². The number of carbonyl (C=O) groups excluding carboxylic acids is 1. The number of nitrogens with zero attached hydrogens (tertiary/aromatic N) is 6. The van der Waals surface area contributed by atoms with Gasteiger partial charge in [-0.05, 0) is 37.5 Å². The van der Waals surface area contributed by atoms with Crippen LogP contribution in [-0.2, 0) is 31.9 Å². The van der Waals surface area contributed by atoms with Gasteiger partial charge in [-0.2, -0.15) is 0 Å². The number of hydrogen-bond donors (Lipinski definition) is 0. The molecule has 1 amide bonds. The standard InChI is InChI=1S/C33H38F4N6O3/c1-3-26(44)42-12-10-40(11-13-42)24-17-43-22-14-25(39-28(30(34)35)21(22)15-33(36,37)16-23(24)43)41-8-5-31(6-9-41)27-20(2)4-7-38-29(27)32(46-31)18-45-19-32/h3-4,7,14,23-24,30H,1,5-6,8-13,15-19H2,2H3/t23-,24?/m0/s1. The lowest BCUT2D eigenvalue weighted by Gasteiger charge is -2.55. The Hall–Kier alpha value is -3.29.